The zero-order valence-corrected chi connectivity index (χ0v) is 15.3. The Morgan fingerprint density at radius 1 is 1.17 bits per heavy atom. The maximum absolute atomic E-state index is 12.0. The van der Waals surface area contributed by atoms with E-state index in [1.54, 1.807) is 0 Å². The number of methoxy groups -OCH3 is 1. The molecule has 0 saturated heterocycles. The van der Waals surface area contributed by atoms with E-state index < -0.39 is 0 Å². The summed E-state index contributed by atoms with van der Waals surface area (Å²) in [6.07, 6.45) is 4.07. The Kier molecular flexibility index (Phi) is 4.75. The Bertz CT molecular complexity index is 794. The predicted molar refractivity (Wildman–Crippen MR) is 100 cm³/mol. The Morgan fingerprint density at radius 2 is 1.79 bits per heavy atom. The summed E-state index contributed by atoms with van der Waals surface area (Å²) in [5.41, 5.74) is 3.76. The summed E-state index contributed by atoms with van der Waals surface area (Å²) in [5.74, 6) is -0.245. The number of H-pyrrole nitrogens is 1. The van der Waals surface area contributed by atoms with E-state index in [-0.39, 0.29) is 23.2 Å². The van der Waals surface area contributed by atoms with Gasteiger partial charge in [-0.3, -0.25) is 4.79 Å². The fourth-order valence-corrected chi connectivity index (χ4v) is 2.82. The number of ether oxygens (including phenoxy) is 1. The number of allylic oxidation sites excluding steroid dienone is 2. The molecule has 1 N–H and O–H groups in total. The van der Waals surface area contributed by atoms with Gasteiger partial charge in [0.25, 0.3) is 0 Å². The van der Waals surface area contributed by atoms with E-state index in [1.807, 2.05) is 12.2 Å². The van der Waals surface area contributed by atoms with Gasteiger partial charge in [-0.2, -0.15) is 0 Å². The minimum absolute atomic E-state index is 0.137. The molecule has 2 rings (SSSR count). The van der Waals surface area contributed by atoms with Gasteiger partial charge in [0, 0.05) is 27.4 Å². The van der Waals surface area contributed by atoms with Crippen molar-refractivity contribution in [2.75, 3.05) is 7.11 Å². The number of aromatic nitrogens is 1. The fraction of sp³-hybridized carbons (Fsp3) is 0.381. The zero-order chi connectivity index (χ0) is 18.1. The highest BCUT2D eigenvalue weighted by Crippen LogP contribution is 2.35. The second-order valence-corrected chi connectivity index (χ2v) is 7.34. The van der Waals surface area contributed by atoms with E-state index in [1.165, 1.54) is 7.11 Å². The predicted octanol–water partition coefficient (Wildman–Crippen LogP) is 4.81. The maximum Gasteiger partial charge on any atom is 0.310 e. The lowest BCUT2D eigenvalue weighted by molar-refractivity contribution is -0.139. The molecule has 0 saturated carbocycles. The third-order valence-corrected chi connectivity index (χ3v) is 4.86. The lowest BCUT2D eigenvalue weighted by Crippen LogP contribution is -2.17. The lowest BCUT2D eigenvalue weighted by atomic mass is 9.83. The van der Waals surface area contributed by atoms with Crippen molar-refractivity contribution in [1.82, 2.24) is 4.98 Å². The van der Waals surface area contributed by atoms with Gasteiger partial charge in [-0.25, -0.2) is 0 Å². The van der Waals surface area contributed by atoms with Gasteiger partial charge in [0.15, 0.2) is 0 Å². The van der Waals surface area contributed by atoms with E-state index in [0.29, 0.717) is 0 Å². The molecule has 0 fully saturated rings. The van der Waals surface area contributed by atoms with E-state index in [0.717, 1.165) is 27.7 Å². The van der Waals surface area contributed by atoms with Crippen molar-refractivity contribution in [2.45, 2.75) is 44.9 Å². The molecule has 0 radical (unpaired) electrons. The normalized spacial score (nSPS) is 12.2. The summed E-state index contributed by atoms with van der Waals surface area (Å²) >= 11 is 0. The first-order valence-corrected chi connectivity index (χ1v) is 8.16. The molecule has 0 aliphatic rings. The summed E-state index contributed by atoms with van der Waals surface area (Å²) in [6.45, 7) is 16.3. The van der Waals surface area contributed by atoms with Crippen LogP contribution in [0.25, 0.3) is 10.9 Å². The molecule has 3 nitrogen and oxygen atoms in total. The summed E-state index contributed by atoms with van der Waals surface area (Å²) in [7, 11) is 1.42. The minimum Gasteiger partial charge on any atom is -0.469 e. The summed E-state index contributed by atoms with van der Waals surface area (Å²) in [5, 5.41) is 1.05. The number of benzene rings is 1. The van der Waals surface area contributed by atoms with Gasteiger partial charge in [-0.15, -0.1) is 13.2 Å². The highest BCUT2D eigenvalue weighted by Gasteiger charge is 2.26. The highest BCUT2D eigenvalue weighted by atomic mass is 16.5. The Morgan fingerprint density at radius 3 is 2.33 bits per heavy atom. The van der Waals surface area contributed by atoms with Crippen LogP contribution >= 0.6 is 0 Å². The minimum atomic E-state index is -0.267. The summed E-state index contributed by atoms with van der Waals surface area (Å²) in [6, 6.07) is 6.32. The molecule has 0 spiro atoms. The Balaban J connectivity index is 2.75. The van der Waals surface area contributed by atoms with Crippen molar-refractivity contribution in [3.05, 3.63) is 60.3 Å². The second-order valence-electron chi connectivity index (χ2n) is 7.34. The molecule has 0 amide bonds. The molecule has 3 heteroatoms. The van der Waals surface area contributed by atoms with Crippen LogP contribution < -0.4 is 0 Å². The van der Waals surface area contributed by atoms with E-state index in [4.69, 9.17) is 4.74 Å². The monoisotopic (exact) mass is 325 g/mol. The molecular weight excluding hydrogens is 298 g/mol. The molecule has 0 bridgehead atoms. The average Bonchev–Trinajstić information content (AvgIpc) is 2.93. The largest absolute Gasteiger partial charge is 0.469 e. The second kappa shape index (κ2) is 6.31. The van der Waals surface area contributed by atoms with Crippen molar-refractivity contribution in [2.24, 2.45) is 0 Å². The molecule has 24 heavy (non-hydrogen) atoms. The van der Waals surface area contributed by atoms with Crippen molar-refractivity contribution in [3.63, 3.8) is 0 Å². The van der Waals surface area contributed by atoms with E-state index >= 15 is 0 Å². The fourth-order valence-electron chi connectivity index (χ4n) is 2.82. The average molecular weight is 325 g/mol. The van der Waals surface area contributed by atoms with Gasteiger partial charge in [-0.05, 0) is 23.3 Å². The quantitative estimate of drug-likeness (QED) is 0.611. The molecule has 1 heterocycles. The van der Waals surface area contributed by atoms with Crippen LogP contribution in [0.4, 0.5) is 0 Å². The number of esters is 1. The van der Waals surface area contributed by atoms with Crippen LogP contribution in [0.15, 0.2) is 43.5 Å². The zero-order valence-electron chi connectivity index (χ0n) is 15.3. The highest BCUT2D eigenvalue weighted by molar-refractivity contribution is 5.90. The van der Waals surface area contributed by atoms with Crippen molar-refractivity contribution in [3.8, 4) is 0 Å². The lowest BCUT2D eigenvalue weighted by Gasteiger charge is -2.21. The smallest absolute Gasteiger partial charge is 0.310 e. The van der Waals surface area contributed by atoms with Gasteiger partial charge in [0.2, 0.25) is 0 Å². The molecule has 1 aromatic carbocycles. The van der Waals surface area contributed by atoms with Gasteiger partial charge < -0.3 is 9.72 Å². The van der Waals surface area contributed by atoms with Crippen LogP contribution in [-0.2, 0) is 26.8 Å². The van der Waals surface area contributed by atoms with Gasteiger partial charge in [0.05, 0.1) is 13.5 Å². The third-order valence-electron chi connectivity index (χ3n) is 4.86. The maximum atomic E-state index is 12.0. The van der Waals surface area contributed by atoms with Crippen LogP contribution in [0.2, 0.25) is 0 Å². The molecule has 2 aromatic rings. The molecule has 1 aromatic heterocycles. The number of rotatable bonds is 6. The molecule has 0 aliphatic carbocycles. The van der Waals surface area contributed by atoms with Crippen molar-refractivity contribution < 1.29 is 9.53 Å². The number of hydrogen-bond donors (Lipinski definition) is 1. The number of aromatic amines is 1. The van der Waals surface area contributed by atoms with Gasteiger partial charge >= 0.3 is 5.97 Å². The number of fused-ring (bicyclic) bond motifs is 1. The molecular formula is C21H27NO2. The number of carbonyl (C=O) groups excluding carboxylic acids is 1. The Hall–Kier alpha value is -2.29. The first-order chi connectivity index (χ1) is 11.2. The number of hydrogen-bond acceptors (Lipinski definition) is 2. The molecule has 128 valence electrons. The molecule has 0 unspecified atom stereocenters. The standard InChI is InChI=1S/C21H27NO2/c1-8-20(3,4)14-10-11-17-15(12-14)16(13-18(23)24-7)19(22-17)21(5,6)9-2/h8-12,22H,1-2,13H2,3-7H3. The molecule has 0 aliphatic heterocycles. The topological polar surface area (TPSA) is 42.1 Å². The first-order valence-electron chi connectivity index (χ1n) is 8.16. The third kappa shape index (κ3) is 3.16. The van der Waals surface area contributed by atoms with Gasteiger partial charge in [0.1, 0.15) is 0 Å². The number of carbonyl (C=O) groups is 1. The van der Waals surface area contributed by atoms with Crippen LogP contribution in [0.3, 0.4) is 0 Å². The van der Waals surface area contributed by atoms with Crippen molar-refractivity contribution >= 4 is 16.9 Å². The van der Waals surface area contributed by atoms with Crippen molar-refractivity contribution in [1.29, 1.82) is 0 Å². The van der Waals surface area contributed by atoms with E-state index in [9.17, 15) is 4.79 Å². The SMILES string of the molecule is C=CC(C)(C)c1ccc2[nH]c(C(C)(C)C=C)c(CC(=O)OC)c2c1. The van der Waals surface area contributed by atoms with Crippen LogP contribution in [0.1, 0.15) is 44.5 Å². The summed E-state index contributed by atoms with van der Waals surface area (Å²) in [4.78, 5) is 15.4. The first kappa shape index (κ1) is 18.1. The van der Waals surface area contributed by atoms with E-state index in [2.05, 4.69) is 64.0 Å². The summed E-state index contributed by atoms with van der Waals surface area (Å²) < 4.78 is 4.90. The van der Waals surface area contributed by atoms with Crippen LogP contribution in [-0.4, -0.2) is 18.1 Å². The Labute approximate surface area is 144 Å². The van der Waals surface area contributed by atoms with Crippen LogP contribution in [0, 0.1) is 0 Å². The number of nitrogens with one attached hydrogen (secondary N) is 1. The molecule has 0 atom stereocenters. The van der Waals surface area contributed by atoms with Gasteiger partial charge in [-0.1, -0.05) is 45.9 Å². The van der Waals surface area contributed by atoms with Crippen LogP contribution in [0.5, 0.6) is 0 Å².